The average molecular weight is 371 g/mol. The van der Waals surface area contributed by atoms with Gasteiger partial charge in [-0.3, -0.25) is 9.59 Å². The fraction of sp³-hybridized carbons (Fsp3) is 0.176. The fourth-order valence-corrected chi connectivity index (χ4v) is 2.12. The van der Waals surface area contributed by atoms with Gasteiger partial charge in [-0.25, -0.2) is 13.2 Å². The van der Waals surface area contributed by atoms with Gasteiger partial charge in [0.05, 0.1) is 12.2 Å². The van der Waals surface area contributed by atoms with Gasteiger partial charge >= 0.3 is 0 Å². The van der Waals surface area contributed by atoms with Crippen LogP contribution in [0.5, 0.6) is 0 Å². The molecule has 0 aromatic heterocycles. The number of nitrogens with one attached hydrogen (secondary N) is 2. The Hall–Kier alpha value is -2.54. The van der Waals surface area contributed by atoms with Crippen LogP contribution in [0.4, 0.5) is 18.9 Å². The minimum Gasteiger partial charge on any atom is -0.347 e. The largest absolute Gasteiger partial charge is 0.347 e. The lowest BCUT2D eigenvalue weighted by Gasteiger charge is -2.08. The zero-order chi connectivity index (χ0) is 18.4. The van der Waals surface area contributed by atoms with Crippen LogP contribution in [0.1, 0.15) is 12.0 Å². The van der Waals surface area contributed by atoms with Crippen molar-refractivity contribution in [3.8, 4) is 0 Å². The minimum atomic E-state index is -1.68. The standard InChI is InChI=1S/C17H14ClF3N2O2/c18-11-4-1-10(2-5-11)3-8-14(24)22-9-15(25)23-13-7-6-12(19)16(20)17(13)21/h1-2,4-7H,3,8-9H2,(H,22,24)(H,23,25). The summed E-state index contributed by atoms with van der Waals surface area (Å²) >= 11 is 5.76. The fourth-order valence-electron chi connectivity index (χ4n) is 1.99. The van der Waals surface area contributed by atoms with Crippen molar-refractivity contribution in [3.05, 3.63) is 64.4 Å². The van der Waals surface area contributed by atoms with Gasteiger partial charge in [-0.1, -0.05) is 23.7 Å². The Balaban J connectivity index is 1.78. The second kappa shape index (κ2) is 8.53. The summed E-state index contributed by atoms with van der Waals surface area (Å²) in [6.45, 7) is -0.419. The molecule has 2 amide bonds. The highest BCUT2D eigenvalue weighted by Crippen LogP contribution is 2.19. The number of halogens is 4. The molecule has 8 heteroatoms. The van der Waals surface area contributed by atoms with Crippen LogP contribution in [-0.2, 0) is 16.0 Å². The first-order valence-electron chi connectivity index (χ1n) is 7.31. The highest BCUT2D eigenvalue weighted by Gasteiger charge is 2.15. The Morgan fingerprint density at radius 1 is 0.920 bits per heavy atom. The molecule has 0 fully saturated rings. The first-order valence-corrected chi connectivity index (χ1v) is 7.69. The van der Waals surface area contributed by atoms with Crippen LogP contribution in [0, 0.1) is 17.5 Å². The highest BCUT2D eigenvalue weighted by molar-refractivity contribution is 6.30. The lowest BCUT2D eigenvalue weighted by Crippen LogP contribution is -2.33. The maximum Gasteiger partial charge on any atom is 0.243 e. The zero-order valence-corrected chi connectivity index (χ0v) is 13.7. The van der Waals surface area contributed by atoms with E-state index in [9.17, 15) is 22.8 Å². The predicted molar refractivity (Wildman–Crippen MR) is 87.7 cm³/mol. The van der Waals surface area contributed by atoms with Crippen LogP contribution in [0.15, 0.2) is 36.4 Å². The SMILES string of the molecule is O=C(CCc1ccc(Cl)cc1)NCC(=O)Nc1ccc(F)c(F)c1F. The predicted octanol–water partition coefficient (Wildman–Crippen LogP) is 3.44. The van der Waals surface area contributed by atoms with Gasteiger partial charge in [0.15, 0.2) is 17.5 Å². The molecule has 0 heterocycles. The van der Waals surface area contributed by atoms with Gasteiger partial charge in [-0.05, 0) is 36.2 Å². The number of benzene rings is 2. The van der Waals surface area contributed by atoms with Crippen molar-refractivity contribution in [2.75, 3.05) is 11.9 Å². The molecule has 0 unspecified atom stereocenters. The molecule has 0 aliphatic carbocycles. The van der Waals surface area contributed by atoms with Crippen LogP contribution >= 0.6 is 11.6 Å². The number of carbonyl (C=O) groups excluding carboxylic acids is 2. The van der Waals surface area contributed by atoms with E-state index in [4.69, 9.17) is 11.6 Å². The van der Waals surface area contributed by atoms with Crippen LogP contribution in [0.2, 0.25) is 5.02 Å². The third kappa shape index (κ3) is 5.49. The molecule has 0 spiro atoms. The molecule has 2 rings (SSSR count). The van der Waals surface area contributed by atoms with Gasteiger partial charge < -0.3 is 10.6 Å². The Morgan fingerprint density at radius 2 is 1.60 bits per heavy atom. The lowest BCUT2D eigenvalue weighted by atomic mass is 10.1. The summed E-state index contributed by atoms with van der Waals surface area (Å²) in [4.78, 5) is 23.4. The number of hydrogen-bond acceptors (Lipinski definition) is 2. The molecule has 2 aromatic carbocycles. The molecule has 4 nitrogen and oxygen atoms in total. The molecule has 0 bridgehead atoms. The molecular formula is C17H14ClF3N2O2. The molecule has 0 saturated carbocycles. The smallest absolute Gasteiger partial charge is 0.243 e. The second-order valence-corrected chi connectivity index (χ2v) is 5.61. The number of rotatable bonds is 6. The van der Waals surface area contributed by atoms with Crippen molar-refractivity contribution in [2.24, 2.45) is 0 Å². The van der Waals surface area contributed by atoms with Crippen LogP contribution in [-0.4, -0.2) is 18.4 Å². The van der Waals surface area contributed by atoms with Crippen LogP contribution < -0.4 is 10.6 Å². The van der Waals surface area contributed by atoms with E-state index in [0.717, 1.165) is 11.6 Å². The van der Waals surface area contributed by atoms with Gasteiger partial charge in [-0.15, -0.1) is 0 Å². The van der Waals surface area contributed by atoms with E-state index in [1.54, 1.807) is 24.3 Å². The molecule has 2 aromatic rings. The van der Waals surface area contributed by atoms with Crippen molar-refractivity contribution < 1.29 is 22.8 Å². The van der Waals surface area contributed by atoms with Crippen molar-refractivity contribution in [3.63, 3.8) is 0 Å². The third-order valence-electron chi connectivity index (χ3n) is 3.31. The van der Waals surface area contributed by atoms with Crippen molar-refractivity contribution in [1.82, 2.24) is 5.32 Å². The van der Waals surface area contributed by atoms with Gasteiger partial charge in [0.25, 0.3) is 0 Å². The molecule has 0 atom stereocenters. The molecule has 0 radical (unpaired) electrons. The molecule has 0 aliphatic rings. The summed E-state index contributed by atoms with van der Waals surface area (Å²) in [7, 11) is 0. The highest BCUT2D eigenvalue weighted by atomic mass is 35.5. The first-order chi connectivity index (χ1) is 11.9. The van der Waals surface area contributed by atoms with Gasteiger partial charge in [-0.2, -0.15) is 0 Å². The van der Waals surface area contributed by atoms with E-state index in [1.807, 2.05) is 0 Å². The number of carbonyl (C=O) groups is 2. The van der Waals surface area contributed by atoms with E-state index in [1.165, 1.54) is 0 Å². The summed E-state index contributed by atoms with van der Waals surface area (Å²) < 4.78 is 39.3. The van der Waals surface area contributed by atoms with E-state index in [2.05, 4.69) is 10.6 Å². The monoisotopic (exact) mass is 370 g/mol. The summed E-state index contributed by atoms with van der Waals surface area (Å²) in [6, 6.07) is 8.58. The van der Waals surface area contributed by atoms with Gasteiger partial charge in [0, 0.05) is 11.4 Å². The Bertz CT molecular complexity index is 782. The molecule has 132 valence electrons. The van der Waals surface area contributed by atoms with Gasteiger partial charge in [0.1, 0.15) is 0 Å². The molecule has 25 heavy (non-hydrogen) atoms. The number of amides is 2. The van der Waals surface area contributed by atoms with Crippen LogP contribution in [0.3, 0.4) is 0 Å². The van der Waals surface area contributed by atoms with Crippen molar-refractivity contribution in [1.29, 1.82) is 0 Å². The molecular weight excluding hydrogens is 357 g/mol. The molecule has 0 aliphatic heterocycles. The minimum absolute atomic E-state index is 0.147. The van der Waals surface area contributed by atoms with E-state index in [-0.39, 0.29) is 12.3 Å². The Morgan fingerprint density at radius 3 is 2.28 bits per heavy atom. The third-order valence-corrected chi connectivity index (χ3v) is 3.56. The summed E-state index contributed by atoms with van der Waals surface area (Å²) in [5, 5.41) is 5.02. The van der Waals surface area contributed by atoms with Crippen LogP contribution in [0.25, 0.3) is 0 Å². The normalized spacial score (nSPS) is 10.4. The maximum absolute atomic E-state index is 13.4. The lowest BCUT2D eigenvalue weighted by molar-refractivity contribution is -0.124. The molecule has 2 N–H and O–H groups in total. The van der Waals surface area contributed by atoms with E-state index >= 15 is 0 Å². The number of anilines is 1. The topological polar surface area (TPSA) is 58.2 Å². The quantitative estimate of drug-likeness (QED) is 0.765. The van der Waals surface area contributed by atoms with E-state index < -0.39 is 35.6 Å². The summed E-state index contributed by atoms with van der Waals surface area (Å²) in [5.41, 5.74) is 0.409. The summed E-state index contributed by atoms with van der Waals surface area (Å²) in [6.07, 6.45) is 0.608. The number of hydrogen-bond donors (Lipinski definition) is 2. The zero-order valence-electron chi connectivity index (χ0n) is 12.9. The van der Waals surface area contributed by atoms with Crippen molar-refractivity contribution >= 4 is 29.1 Å². The molecule has 0 saturated heterocycles. The summed E-state index contributed by atoms with van der Waals surface area (Å²) in [5.74, 6) is -5.67. The Kier molecular flexibility index (Phi) is 6.41. The number of aryl methyl sites for hydroxylation is 1. The van der Waals surface area contributed by atoms with Gasteiger partial charge in [0.2, 0.25) is 11.8 Å². The van der Waals surface area contributed by atoms with Crippen molar-refractivity contribution in [2.45, 2.75) is 12.8 Å². The Labute approximate surface area is 147 Å². The first kappa shape index (κ1) is 18.8. The van der Waals surface area contributed by atoms with E-state index in [0.29, 0.717) is 17.5 Å². The second-order valence-electron chi connectivity index (χ2n) is 5.17. The average Bonchev–Trinajstić information content (AvgIpc) is 2.60. The maximum atomic E-state index is 13.4.